The second kappa shape index (κ2) is 17.1. The fourth-order valence-corrected chi connectivity index (χ4v) is 1.21. The molecule has 0 amide bonds. The van der Waals surface area contributed by atoms with E-state index in [1.807, 2.05) is 0 Å². The summed E-state index contributed by atoms with van der Waals surface area (Å²) in [4.78, 5) is 10.2. The molecule has 0 aromatic rings. The normalized spacial score (nSPS) is 10.7. The fourth-order valence-electron chi connectivity index (χ4n) is 1.21. The summed E-state index contributed by atoms with van der Waals surface area (Å²) in [5, 5.41) is 8.38. The van der Waals surface area contributed by atoms with Crippen molar-refractivity contribution in [1.82, 2.24) is 0 Å². The number of aliphatic carboxylic acids is 1. The lowest BCUT2D eigenvalue weighted by Crippen LogP contribution is -2.13. The van der Waals surface area contributed by atoms with Crippen molar-refractivity contribution >= 4 is 5.97 Å². The molecule has 0 spiro atoms. The molecule has 124 valence electrons. The second-order valence-corrected chi connectivity index (χ2v) is 3.96. The molecule has 0 aliphatic rings. The molecule has 1 N–H and O–H groups in total. The SMILES string of the molecule is C=CCOCCOCCOCCOCCOCCC(=O)O. The van der Waals surface area contributed by atoms with Crippen molar-refractivity contribution in [2.24, 2.45) is 0 Å². The van der Waals surface area contributed by atoms with Crippen molar-refractivity contribution in [2.45, 2.75) is 6.42 Å². The van der Waals surface area contributed by atoms with Crippen LogP contribution >= 0.6 is 0 Å². The van der Waals surface area contributed by atoms with E-state index >= 15 is 0 Å². The van der Waals surface area contributed by atoms with Gasteiger partial charge in [0.1, 0.15) is 0 Å². The molecular formula is C14H26O7. The third kappa shape index (κ3) is 19.0. The maximum Gasteiger partial charge on any atom is 0.305 e. The van der Waals surface area contributed by atoms with Gasteiger partial charge >= 0.3 is 5.97 Å². The Balaban J connectivity index is 2.96. The predicted molar refractivity (Wildman–Crippen MR) is 76.5 cm³/mol. The van der Waals surface area contributed by atoms with Crippen LogP contribution in [-0.4, -0.2) is 77.1 Å². The Morgan fingerprint density at radius 1 is 0.762 bits per heavy atom. The maximum atomic E-state index is 10.2. The van der Waals surface area contributed by atoms with Gasteiger partial charge in [0.15, 0.2) is 0 Å². The van der Waals surface area contributed by atoms with Crippen LogP contribution in [0.25, 0.3) is 0 Å². The zero-order valence-electron chi connectivity index (χ0n) is 12.5. The molecule has 0 saturated carbocycles. The van der Waals surface area contributed by atoms with Gasteiger partial charge in [-0.25, -0.2) is 0 Å². The summed E-state index contributed by atoms with van der Waals surface area (Å²) in [6.07, 6.45) is 1.71. The number of rotatable bonds is 17. The third-order valence-electron chi connectivity index (χ3n) is 2.18. The van der Waals surface area contributed by atoms with E-state index in [0.717, 1.165) is 0 Å². The third-order valence-corrected chi connectivity index (χ3v) is 2.18. The van der Waals surface area contributed by atoms with Crippen LogP contribution in [0.5, 0.6) is 0 Å². The van der Waals surface area contributed by atoms with Crippen LogP contribution in [-0.2, 0) is 28.5 Å². The summed E-state index contributed by atoms with van der Waals surface area (Å²) >= 11 is 0. The number of hydrogen-bond acceptors (Lipinski definition) is 6. The van der Waals surface area contributed by atoms with Crippen LogP contribution in [0.2, 0.25) is 0 Å². The fraction of sp³-hybridized carbons (Fsp3) is 0.786. The van der Waals surface area contributed by atoms with Gasteiger partial charge in [-0.1, -0.05) is 6.08 Å². The average Bonchev–Trinajstić information content (AvgIpc) is 2.46. The molecule has 0 saturated heterocycles. The molecule has 0 rings (SSSR count). The van der Waals surface area contributed by atoms with Crippen molar-refractivity contribution in [3.63, 3.8) is 0 Å². The molecule has 0 aromatic heterocycles. The summed E-state index contributed by atoms with van der Waals surface area (Å²) in [5.74, 6) is -0.862. The highest BCUT2D eigenvalue weighted by molar-refractivity contribution is 5.66. The topological polar surface area (TPSA) is 83.5 Å². The number of carboxylic acids is 1. The number of carbonyl (C=O) groups is 1. The zero-order chi connectivity index (χ0) is 15.6. The average molecular weight is 306 g/mol. The smallest absolute Gasteiger partial charge is 0.305 e. The van der Waals surface area contributed by atoms with Crippen molar-refractivity contribution in [3.05, 3.63) is 12.7 Å². The van der Waals surface area contributed by atoms with Crippen molar-refractivity contribution in [2.75, 3.05) is 66.1 Å². The summed E-state index contributed by atoms with van der Waals surface area (Å²) in [6, 6.07) is 0. The van der Waals surface area contributed by atoms with E-state index in [4.69, 9.17) is 28.8 Å². The van der Waals surface area contributed by atoms with Gasteiger partial charge in [0.25, 0.3) is 0 Å². The van der Waals surface area contributed by atoms with Gasteiger partial charge in [-0.2, -0.15) is 0 Å². The summed E-state index contributed by atoms with van der Waals surface area (Å²) in [7, 11) is 0. The minimum absolute atomic E-state index is 0.0156. The molecular weight excluding hydrogens is 280 g/mol. The molecule has 0 aliphatic carbocycles. The Labute approximate surface area is 125 Å². The van der Waals surface area contributed by atoms with E-state index in [1.165, 1.54) is 0 Å². The molecule has 0 heterocycles. The second-order valence-electron chi connectivity index (χ2n) is 3.96. The van der Waals surface area contributed by atoms with Crippen LogP contribution in [0.1, 0.15) is 6.42 Å². The molecule has 0 radical (unpaired) electrons. The highest BCUT2D eigenvalue weighted by atomic mass is 16.6. The number of hydrogen-bond donors (Lipinski definition) is 1. The van der Waals surface area contributed by atoms with Gasteiger partial charge in [0.2, 0.25) is 0 Å². The highest BCUT2D eigenvalue weighted by Gasteiger charge is 1.96. The zero-order valence-corrected chi connectivity index (χ0v) is 12.5. The first-order chi connectivity index (χ1) is 10.3. The first-order valence-electron chi connectivity index (χ1n) is 6.98. The molecule has 7 heteroatoms. The molecule has 21 heavy (non-hydrogen) atoms. The first-order valence-corrected chi connectivity index (χ1v) is 6.98. The Morgan fingerprint density at radius 2 is 1.14 bits per heavy atom. The van der Waals surface area contributed by atoms with Gasteiger partial charge in [0.05, 0.1) is 72.5 Å². The van der Waals surface area contributed by atoms with Crippen molar-refractivity contribution < 1.29 is 33.6 Å². The standard InChI is InChI=1S/C14H26O7/c1-2-4-17-6-8-19-10-12-21-13-11-20-9-7-18-5-3-14(15)16/h2H,1,3-13H2,(H,15,16). The monoisotopic (exact) mass is 306 g/mol. The summed E-state index contributed by atoms with van der Waals surface area (Å²) < 4.78 is 26.0. The van der Waals surface area contributed by atoms with E-state index < -0.39 is 5.97 Å². The van der Waals surface area contributed by atoms with Crippen LogP contribution in [0.15, 0.2) is 12.7 Å². The van der Waals surface area contributed by atoms with E-state index in [-0.39, 0.29) is 13.0 Å². The number of carboxylic acid groups (broad SMARTS) is 1. The Morgan fingerprint density at radius 3 is 1.52 bits per heavy atom. The molecule has 0 fully saturated rings. The molecule has 0 aliphatic heterocycles. The van der Waals surface area contributed by atoms with Crippen LogP contribution in [0, 0.1) is 0 Å². The maximum absolute atomic E-state index is 10.2. The molecule has 0 bridgehead atoms. The van der Waals surface area contributed by atoms with Gasteiger partial charge in [0, 0.05) is 0 Å². The quantitative estimate of drug-likeness (QED) is 0.313. The minimum atomic E-state index is -0.862. The minimum Gasteiger partial charge on any atom is -0.481 e. The lowest BCUT2D eigenvalue weighted by atomic mass is 10.5. The molecule has 0 unspecified atom stereocenters. The lowest BCUT2D eigenvalue weighted by Gasteiger charge is -2.07. The van der Waals surface area contributed by atoms with Crippen LogP contribution in [0.4, 0.5) is 0 Å². The first kappa shape index (κ1) is 20.0. The van der Waals surface area contributed by atoms with Gasteiger partial charge in [-0.3, -0.25) is 4.79 Å². The van der Waals surface area contributed by atoms with E-state index in [0.29, 0.717) is 59.5 Å². The summed E-state index contributed by atoms with van der Waals surface area (Å²) in [6.45, 7) is 8.21. The van der Waals surface area contributed by atoms with Crippen molar-refractivity contribution in [3.8, 4) is 0 Å². The predicted octanol–water partition coefficient (Wildman–Crippen LogP) is 0.730. The van der Waals surface area contributed by atoms with E-state index in [1.54, 1.807) is 6.08 Å². The molecule has 7 nitrogen and oxygen atoms in total. The summed E-state index contributed by atoms with van der Waals surface area (Å²) in [5.41, 5.74) is 0. The Hall–Kier alpha value is -0.990. The Bertz CT molecular complexity index is 245. The largest absolute Gasteiger partial charge is 0.481 e. The van der Waals surface area contributed by atoms with E-state index in [2.05, 4.69) is 6.58 Å². The Kier molecular flexibility index (Phi) is 16.3. The van der Waals surface area contributed by atoms with E-state index in [9.17, 15) is 4.79 Å². The van der Waals surface area contributed by atoms with Crippen LogP contribution < -0.4 is 0 Å². The van der Waals surface area contributed by atoms with Gasteiger partial charge < -0.3 is 28.8 Å². The lowest BCUT2D eigenvalue weighted by molar-refractivity contribution is -0.138. The highest BCUT2D eigenvalue weighted by Crippen LogP contribution is 1.85. The van der Waals surface area contributed by atoms with Gasteiger partial charge in [-0.15, -0.1) is 6.58 Å². The van der Waals surface area contributed by atoms with Crippen molar-refractivity contribution in [1.29, 1.82) is 0 Å². The molecule has 0 atom stereocenters. The van der Waals surface area contributed by atoms with Crippen LogP contribution in [0.3, 0.4) is 0 Å². The van der Waals surface area contributed by atoms with Gasteiger partial charge in [-0.05, 0) is 0 Å². The molecule has 0 aromatic carbocycles. The number of ether oxygens (including phenoxy) is 5.